The minimum Gasteiger partial charge on any atom is -0.481 e. The molecule has 3 atom stereocenters. The molecule has 7 heteroatoms. The van der Waals surface area contributed by atoms with E-state index in [9.17, 15) is 19.6 Å². The number of hydrazine groups is 1. The lowest BCUT2D eigenvalue weighted by Gasteiger charge is -2.42. The van der Waals surface area contributed by atoms with Crippen molar-refractivity contribution in [2.45, 2.75) is 51.0 Å². The normalized spacial score (nSPS) is 24.8. The molecule has 172 valence electrons. The summed E-state index contributed by atoms with van der Waals surface area (Å²) in [7, 11) is 0. The van der Waals surface area contributed by atoms with E-state index in [4.69, 9.17) is 4.74 Å². The number of carboxylic acid groups (broad SMARTS) is 1. The second-order valence-electron chi connectivity index (χ2n) is 9.71. The Morgan fingerprint density at radius 3 is 2.18 bits per heavy atom. The van der Waals surface area contributed by atoms with Crippen molar-refractivity contribution in [2.75, 3.05) is 6.54 Å². The molecule has 0 aromatic heterocycles. The van der Waals surface area contributed by atoms with Gasteiger partial charge in [0.25, 0.3) is 6.54 Å². The molecule has 5 rings (SSSR count). The van der Waals surface area contributed by atoms with Crippen LogP contribution in [0.5, 0.6) is 11.5 Å². The third kappa shape index (κ3) is 3.16. The highest BCUT2D eigenvalue weighted by molar-refractivity contribution is 5.92. The SMILES string of the molecule is CCC(C(C)C(=O)O)C1(C2(CC3c4ccccc4Oc4ccccc43)N[N+](=O)CC2=O)CC1. The molecule has 2 heterocycles. The number of ketones is 1. The maximum absolute atomic E-state index is 13.6. The highest BCUT2D eigenvalue weighted by Gasteiger charge is 2.73. The molecule has 0 radical (unpaired) electrons. The zero-order chi connectivity index (χ0) is 23.4. The summed E-state index contributed by atoms with van der Waals surface area (Å²) >= 11 is 0. The molecule has 2 fully saturated rings. The summed E-state index contributed by atoms with van der Waals surface area (Å²) in [5, 5.41) is 9.81. The Morgan fingerprint density at radius 2 is 1.73 bits per heavy atom. The maximum Gasteiger partial charge on any atom is 0.306 e. The average molecular weight is 450 g/mol. The van der Waals surface area contributed by atoms with Crippen LogP contribution < -0.4 is 10.2 Å². The van der Waals surface area contributed by atoms with Crippen LogP contribution in [0.1, 0.15) is 56.6 Å². The summed E-state index contributed by atoms with van der Waals surface area (Å²) < 4.78 is 6.14. The lowest BCUT2D eigenvalue weighted by atomic mass is 9.62. The molecule has 0 amide bonds. The highest BCUT2D eigenvalue weighted by atomic mass is 16.5. The first kappa shape index (κ1) is 21.6. The second kappa shape index (κ2) is 7.68. The van der Waals surface area contributed by atoms with Gasteiger partial charge in [0.05, 0.1) is 10.8 Å². The van der Waals surface area contributed by atoms with Gasteiger partial charge in [0.15, 0.2) is 5.54 Å². The molecule has 3 unspecified atom stereocenters. The van der Waals surface area contributed by atoms with Crippen LogP contribution in [-0.2, 0) is 9.59 Å². The van der Waals surface area contributed by atoms with E-state index in [2.05, 4.69) is 5.43 Å². The third-order valence-corrected chi connectivity index (χ3v) is 8.18. The number of hydrogen-bond acceptors (Lipinski definition) is 4. The average Bonchev–Trinajstić information content (AvgIpc) is 3.54. The van der Waals surface area contributed by atoms with Crippen molar-refractivity contribution in [3.05, 3.63) is 64.6 Å². The molecule has 0 spiro atoms. The van der Waals surface area contributed by atoms with Gasteiger partial charge >= 0.3 is 5.97 Å². The van der Waals surface area contributed by atoms with Crippen molar-refractivity contribution in [1.82, 2.24) is 5.43 Å². The number of aliphatic carboxylic acids is 1. The Bertz CT molecular complexity index is 1100. The van der Waals surface area contributed by atoms with Gasteiger partial charge in [-0.05, 0) is 37.3 Å². The number of nitrogens with one attached hydrogen (secondary N) is 1. The van der Waals surface area contributed by atoms with Gasteiger partial charge in [-0.2, -0.15) is 0 Å². The van der Waals surface area contributed by atoms with E-state index in [0.29, 0.717) is 17.7 Å². The number of carbonyl (C=O) groups is 2. The Kier molecular flexibility index (Phi) is 5.03. The Balaban J connectivity index is 1.64. The number of hydrogen-bond donors (Lipinski definition) is 2. The first-order valence-corrected chi connectivity index (χ1v) is 11.7. The fraction of sp³-hybridized carbons (Fsp3) is 0.462. The minimum absolute atomic E-state index is 0.146. The van der Waals surface area contributed by atoms with Gasteiger partial charge in [-0.25, -0.2) is 0 Å². The topological polar surface area (TPSA) is 95.7 Å². The standard InChI is InChI=1S/C26H28N2O5/c1-3-20(16(2)24(30)31)25(12-13-25)26(23(29)15-28(32)27-26)14-19-17-8-4-6-10-21(17)33-22-11-7-5-9-18(19)22/h4-11,16,19-20H,3,12-15H2,1-2H3,(H-,27,30,31,32)/p+1. The summed E-state index contributed by atoms with van der Waals surface area (Å²) in [6.07, 6.45) is 2.46. The van der Waals surface area contributed by atoms with Gasteiger partial charge in [-0.3, -0.25) is 9.59 Å². The molecule has 0 bridgehead atoms. The van der Waals surface area contributed by atoms with Crippen molar-refractivity contribution in [1.29, 1.82) is 0 Å². The number of fused-ring (bicyclic) bond motifs is 2. The van der Waals surface area contributed by atoms with Gasteiger partial charge in [-0.15, -0.1) is 5.43 Å². The van der Waals surface area contributed by atoms with E-state index in [1.165, 1.54) is 0 Å². The summed E-state index contributed by atoms with van der Waals surface area (Å²) in [4.78, 5) is 38.8. The zero-order valence-electron chi connectivity index (χ0n) is 18.9. The van der Waals surface area contributed by atoms with Crippen molar-refractivity contribution >= 4 is 11.8 Å². The first-order chi connectivity index (χ1) is 15.8. The number of nitroso groups, excluding NO2 is 1. The first-order valence-electron chi connectivity index (χ1n) is 11.7. The molecular formula is C26H29N2O5+. The summed E-state index contributed by atoms with van der Waals surface area (Å²) in [6, 6.07) is 15.6. The van der Waals surface area contributed by atoms with Gasteiger partial charge < -0.3 is 9.84 Å². The molecule has 1 saturated carbocycles. The van der Waals surface area contributed by atoms with E-state index >= 15 is 0 Å². The molecule has 2 aliphatic heterocycles. The summed E-state index contributed by atoms with van der Waals surface area (Å²) in [6.45, 7) is 3.47. The number of ether oxygens (including phenoxy) is 1. The van der Waals surface area contributed by atoms with Crippen LogP contribution in [0.15, 0.2) is 48.5 Å². The van der Waals surface area contributed by atoms with Crippen LogP contribution in [0.25, 0.3) is 0 Å². The van der Waals surface area contributed by atoms with Gasteiger partial charge in [0.2, 0.25) is 5.78 Å². The predicted octanol–water partition coefficient (Wildman–Crippen LogP) is 4.45. The summed E-state index contributed by atoms with van der Waals surface area (Å²) in [5.41, 5.74) is 3.29. The van der Waals surface area contributed by atoms with E-state index in [-0.39, 0.29) is 24.2 Å². The molecule has 1 aliphatic carbocycles. The molecule has 2 aromatic rings. The lowest BCUT2D eigenvalue weighted by Crippen LogP contribution is -2.59. The van der Waals surface area contributed by atoms with Crippen LogP contribution in [0.4, 0.5) is 0 Å². The number of carboxylic acids is 1. The Labute approximate surface area is 192 Å². The lowest BCUT2D eigenvalue weighted by molar-refractivity contribution is -0.592. The number of rotatable bonds is 7. The smallest absolute Gasteiger partial charge is 0.306 e. The number of carbonyl (C=O) groups excluding carboxylic acids is 1. The Morgan fingerprint density at radius 1 is 1.15 bits per heavy atom. The molecular weight excluding hydrogens is 420 g/mol. The maximum atomic E-state index is 13.6. The predicted molar refractivity (Wildman–Crippen MR) is 121 cm³/mol. The van der Waals surface area contributed by atoms with Crippen molar-refractivity contribution in [3.8, 4) is 11.5 Å². The fourth-order valence-electron chi connectivity index (χ4n) is 6.51. The van der Waals surface area contributed by atoms with Crippen LogP contribution in [0, 0.1) is 22.2 Å². The van der Waals surface area contributed by atoms with E-state index in [1.807, 2.05) is 55.5 Å². The molecule has 33 heavy (non-hydrogen) atoms. The second-order valence-corrected chi connectivity index (χ2v) is 9.71. The van der Waals surface area contributed by atoms with Crippen LogP contribution in [0.2, 0.25) is 0 Å². The number of para-hydroxylation sites is 2. The van der Waals surface area contributed by atoms with E-state index in [1.54, 1.807) is 6.92 Å². The largest absolute Gasteiger partial charge is 0.481 e. The number of benzene rings is 2. The zero-order valence-corrected chi connectivity index (χ0v) is 18.9. The fourth-order valence-corrected chi connectivity index (χ4v) is 6.51. The molecule has 2 N–H and O–H groups in total. The molecule has 1 saturated heterocycles. The number of nitrogens with zero attached hydrogens (tertiary/aromatic N) is 1. The third-order valence-electron chi connectivity index (χ3n) is 8.18. The van der Waals surface area contributed by atoms with E-state index in [0.717, 1.165) is 35.5 Å². The van der Waals surface area contributed by atoms with E-state index < -0.39 is 22.8 Å². The van der Waals surface area contributed by atoms with Gasteiger partial charge in [0.1, 0.15) is 16.4 Å². The van der Waals surface area contributed by atoms with Crippen molar-refractivity contribution < 1.29 is 24.3 Å². The monoisotopic (exact) mass is 449 g/mol. The van der Waals surface area contributed by atoms with Crippen molar-refractivity contribution in [2.24, 2.45) is 17.3 Å². The molecule has 3 aliphatic rings. The quantitative estimate of drug-likeness (QED) is 0.607. The molecule has 2 aromatic carbocycles. The minimum atomic E-state index is -1.12. The van der Waals surface area contributed by atoms with Gasteiger partial charge in [-0.1, -0.05) is 56.7 Å². The Hall–Kier alpha value is -3.22. The van der Waals surface area contributed by atoms with Crippen LogP contribution in [0.3, 0.4) is 0 Å². The summed E-state index contributed by atoms with van der Waals surface area (Å²) in [5.74, 6) is -0.512. The van der Waals surface area contributed by atoms with Gasteiger partial charge in [0, 0.05) is 22.5 Å². The highest BCUT2D eigenvalue weighted by Crippen LogP contribution is 2.66. The number of Topliss-reactive ketones (excluding diaryl/α,β-unsaturated/α-hetero) is 1. The van der Waals surface area contributed by atoms with Crippen molar-refractivity contribution in [3.63, 3.8) is 0 Å². The molecule has 7 nitrogen and oxygen atoms in total. The van der Waals surface area contributed by atoms with Crippen LogP contribution >= 0.6 is 0 Å². The van der Waals surface area contributed by atoms with Crippen LogP contribution in [-0.4, -0.2) is 33.8 Å².